The SMILES string of the molecule is C.O=S(=O)(NCC1CCC(CNc2nc(NCCN3CCOCC3)c3ccccc3n2)CC1)c1ccc(Br)cc1. The zero-order chi connectivity index (χ0) is 27.1. The third kappa shape index (κ3) is 8.36. The van der Waals surface area contributed by atoms with Crippen LogP contribution < -0.4 is 15.4 Å². The summed E-state index contributed by atoms with van der Waals surface area (Å²) in [5.74, 6) is 2.37. The zero-order valence-electron chi connectivity index (χ0n) is 22.1. The average Bonchev–Trinajstić information content (AvgIpc) is 2.96. The Labute approximate surface area is 246 Å². The molecule has 0 spiro atoms. The fourth-order valence-electron chi connectivity index (χ4n) is 5.25. The second-order valence-corrected chi connectivity index (χ2v) is 13.0. The van der Waals surface area contributed by atoms with Crippen molar-refractivity contribution in [1.82, 2.24) is 19.6 Å². The molecular formula is C29H41BrN6O3S. The van der Waals surface area contributed by atoms with Crippen molar-refractivity contribution in [2.75, 3.05) is 63.1 Å². The molecular weight excluding hydrogens is 592 g/mol. The van der Waals surface area contributed by atoms with E-state index < -0.39 is 10.0 Å². The first kappa shape index (κ1) is 30.6. The minimum Gasteiger partial charge on any atom is -0.379 e. The van der Waals surface area contributed by atoms with Crippen LogP contribution in [-0.2, 0) is 14.8 Å². The number of anilines is 2. The van der Waals surface area contributed by atoms with Crippen LogP contribution in [0.2, 0.25) is 0 Å². The van der Waals surface area contributed by atoms with Crippen molar-refractivity contribution in [3.8, 4) is 0 Å². The van der Waals surface area contributed by atoms with Gasteiger partial charge in [-0.05, 0) is 73.9 Å². The highest BCUT2D eigenvalue weighted by Crippen LogP contribution is 2.29. The Bertz CT molecular complexity index is 1330. The summed E-state index contributed by atoms with van der Waals surface area (Å²) in [6.07, 6.45) is 4.11. The molecule has 0 atom stereocenters. The van der Waals surface area contributed by atoms with Crippen LogP contribution >= 0.6 is 15.9 Å². The van der Waals surface area contributed by atoms with E-state index >= 15 is 0 Å². The lowest BCUT2D eigenvalue weighted by molar-refractivity contribution is 0.0398. The van der Waals surface area contributed by atoms with E-state index in [1.54, 1.807) is 24.3 Å². The van der Waals surface area contributed by atoms with Gasteiger partial charge in [-0.3, -0.25) is 4.90 Å². The highest BCUT2D eigenvalue weighted by atomic mass is 79.9. The van der Waals surface area contributed by atoms with Crippen molar-refractivity contribution in [2.24, 2.45) is 11.8 Å². The van der Waals surface area contributed by atoms with E-state index in [2.05, 4.69) is 42.3 Å². The Morgan fingerprint density at radius 2 is 1.57 bits per heavy atom. The molecule has 2 heterocycles. The Morgan fingerprint density at radius 1 is 0.900 bits per heavy atom. The smallest absolute Gasteiger partial charge is 0.240 e. The van der Waals surface area contributed by atoms with Crippen LogP contribution in [0.3, 0.4) is 0 Å². The number of ether oxygens (including phenoxy) is 1. The highest BCUT2D eigenvalue weighted by Gasteiger charge is 2.23. The van der Waals surface area contributed by atoms with Gasteiger partial charge in [0.1, 0.15) is 5.82 Å². The lowest BCUT2D eigenvalue weighted by Gasteiger charge is -2.28. The molecule has 0 unspecified atom stereocenters. The fourth-order valence-corrected chi connectivity index (χ4v) is 6.63. The van der Waals surface area contributed by atoms with Gasteiger partial charge in [0.15, 0.2) is 0 Å². The topological polar surface area (TPSA) is 108 Å². The number of fused-ring (bicyclic) bond motifs is 1. The largest absolute Gasteiger partial charge is 0.379 e. The second-order valence-electron chi connectivity index (χ2n) is 10.4. The monoisotopic (exact) mass is 632 g/mol. The van der Waals surface area contributed by atoms with Crippen molar-refractivity contribution < 1.29 is 13.2 Å². The second kappa shape index (κ2) is 14.5. The van der Waals surface area contributed by atoms with E-state index in [0.29, 0.717) is 29.2 Å². The molecule has 5 rings (SSSR count). The molecule has 1 aliphatic heterocycles. The van der Waals surface area contributed by atoms with Crippen molar-refractivity contribution in [1.29, 1.82) is 0 Å². The van der Waals surface area contributed by atoms with Crippen LogP contribution in [0, 0.1) is 11.8 Å². The van der Waals surface area contributed by atoms with Crippen molar-refractivity contribution >= 4 is 48.6 Å². The van der Waals surface area contributed by atoms with Crippen LogP contribution in [0.1, 0.15) is 33.1 Å². The Kier molecular flexibility index (Phi) is 11.1. The fraction of sp³-hybridized carbons (Fsp3) is 0.517. The predicted molar refractivity (Wildman–Crippen MR) is 165 cm³/mol. The van der Waals surface area contributed by atoms with E-state index in [9.17, 15) is 8.42 Å². The Morgan fingerprint density at radius 3 is 2.30 bits per heavy atom. The number of morpholine rings is 1. The maximum Gasteiger partial charge on any atom is 0.240 e. The normalized spacial score (nSPS) is 20.1. The number of benzene rings is 2. The minimum absolute atomic E-state index is 0. The maximum absolute atomic E-state index is 12.6. The van der Waals surface area contributed by atoms with Gasteiger partial charge in [0.05, 0.1) is 23.6 Å². The summed E-state index contributed by atoms with van der Waals surface area (Å²) in [7, 11) is -3.49. The molecule has 3 N–H and O–H groups in total. The first-order valence-electron chi connectivity index (χ1n) is 13.8. The van der Waals surface area contributed by atoms with Crippen LogP contribution in [0.5, 0.6) is 0 Å². The molecule has 1 aliphatic carbocycles. The molecule has 1 saturated heterocycles. The summed E-state index contributed by atoms with van der Waals surface area (Å²) in [6.45, 7) is 6.59. The van der Waals surface area contributed by atoms with E-state index in [4.69, 9.17) is 14.7 Å². The standard InChI is InChI=1S/C28H37BrN6O3S.CH4/c29-23-9-11-24(12-10-23)39(36,37)32-20-22-7-5-21(6-8-22)19-31-28-33-26-4-2-1-3-25(26)27(34-28)30-13-14-35-15-17-38-18-16-35;/h1-4,9-12,21-22,32H,5-8,13-20H2,(H2,30,31,33,34);1H4. The number of sulfonamides is 1. The summed E-state index contributed by atoms with van der Waals surface area (Å²) < 4.78 is 34.3. The third-order valence-electron chi connectivity index (χ3n) is 7.63. The molecule has 11 heteroatoms. The Hall–Kier alpha value is -2.31. The molecule has 2 aliphatic rings. The van der Waals surface area contributed by atoms with E-state index in [1.807, 2.05) is 18.2 Å². The molecule has 0 amide bonds. The molecule has 2 aromatic carbocycles. The van der Waals surface area contributed by atoms with Crippen LogP contribution in [0.4, 0.5) is 11.8 Å². The summed E-state index contributed by atoms with van der Waals surface area (Å²) >= 11 is 3.35. The minimum atomic E-state index is -3.49. The van der Waals surface area contributed by atoms with Crippen molar-refractivity contribution in [2.45, 2.75) is 38.0 Å². The number of hydrogen-bond acceptors (Lipinski definition) is 8. The van der Waals surface area contributed by atoms with Crippen LogP contribution in [-0.4, -0.2) is 75.8 Å². The number of nitrogens with zero attached hydrogens (tertiary/aromatic N) is 3. The molecule has 0 bridgehead atoms. The average molecular weight is 634 g/mol. The molecule has 0 radical (unpaired) electrons. The van der Waals surface area contributed by atoms with Crippen molar-refractivity contribution in [3.05, 3.63) is 53.0 Å². The van der Waals surface area contributed by atoms with Gasteiger partial charge in [0, 0.05) is 49.1 Å². The number of halogens is 1. The summed E-state index contributed by atoms with van der Waals surface area (Å²) in [6, 6.07) is 14.8. The highest BCUT2D eigenvalue weighted by molar-refractivity contribution is 9.10. The van der Waals surface area contributed by atoms with Crippen LogP contribution in [0.15, 0.2) is 57.9 Å². The van der Waals surface area contributed by atoms with Crippen molar-refractivity contribution in [3.63, 3.8) is 0 Å². The Balaban J connectivity index is 0.00000370. The van der Waals surface area contributed by atoms with Gasteiger partial charge in [-0.25, -0.2) is 18.1 Å². The van der Waals surface area contributed by atoms with E-state index in [-0.39, 0.29) is 7.43 Å². The molecule has 9 nitrogen and oxygen atoms in total. The first-order chi connectivity index (χ1) is 19.0. The zero-order valence-corrected chi connectivity index (χ0v) is 24.5. The number of rotatable bonds is 11. The van der Waals surface area contributed by atoms with Gasteiger partial charge in [-0.2, -0.15) is 4.98 Å². The number of para-hydroxylation sites is 1. The number of aromatic nitrogens is 2. The van der Waals surface area contributed by atoms with Gasteiger partial charge in [0.25, 0.3) is 0 Å². The molecule has 1 aromatic heterocycles. The summed E-state index contributed by atoms with van der Waals surface area (Å²) in [4.78, 5) is 12.3. The first-order valence-corrected chi connectivity index (χ1v) is 16.0. The molecule has 3 aromatic rings. The van der Waals surface area contributed by atoms with Gasteiger partial charge in [-0.1, -0.05) is 35.5 Å². The molecule has 218 valence electrons. The summed E-state index contributed by atoms with van der Waals surface area (Å²) in [5.41, 5.74) is 0.922. The quantitative estimate of drug-likeness (QED) is 0.272. The summed E-state index contributed by atoms with van der Waals surface area (Å²) in [5, 5.41) is 8.03. The maximum atomic E-state index is 12.6. The predicted octanol–water partition coefficient (Wildman–Crippen LogP) is 4.97. The van der Waals surface area contributed by atoms with Gasteiger partial charge in [0.2, 0.25) is 16.0 Å². The molecule has 2 fully saturated rings. The van der Waals surface area contributed by atoms with E-state index in [0.717, 1.165) is 92.8 Å². The van der Waals surface area contributed by atoms with E-state index in [1.165, 1.54) is 0 Å². The lowest BCUT2D eigenvalue weighted by Crippen LogP contribution is -2.39. The number of hydrogen-bond donors (Lipinski definition) is 3. The van der Waals surface area contributed by atoms with Gasteiger partial charge in [-0.15, -0.1) is 0 Å². The van der Waals surface area contributed by atoms with Gasteiger partial charge >= 0.3 is 0 Å². The van der Waals surface area contributed by atoms with Crippen LogP contribution in [0.25, 0.3) is 10.9 Å². The van der Waals surface area contributed by atoms with Gasteiger partial charge < -0.3 is 15.4 Å². The number of nitrogens with one attached hydrogen (secondary N) is 3. The lowest BCUT2D eigenvalue weighted by atomic mass is 9.82. The third-order valence-corrected chi connectivity index (χ3v) is 9.60. The molecule has 1 saturated carbocycles. The molecule has 40 heavy (non-hydrogen) atoms.